The van der Waals surface area contributed by atoms with E-state index in [2.05, 4.69) is 5.32 Å². The number of aliphatic hydroxyl groups excluding tert-OH is 1. The molecule has 1 unspecified atom stereocenters. The lowest BCUT2D eigenvalue weighted by Crippen LogP contribution is -2.33. The number of ether oxygens (including phenoxy) is 1. The van der Waals surface area contributed by atoms with E-state index in [9.17, 15) is 9.90 Å². The highest BCUT2D eigenvalue weighted by molar-refractivity contribution is 5.96. The van der Waals surface area contributed by atoms with E-state index in [-0.39, 0.29) is 18.6 Å². The Hall–Kier alpha value is -1.55. The van der Waals surface area contributed by atoms with Gasteiger partial charge in [-0.3, -0.25) is 4.79 Å². The van der Waals surface area contributed by atoms with Crippen molar-refractivity contribution in [2.24, 2.45) is 5.92 Å². The second-order valence-corrected chi connectivity index (χ2v) is 6.16. The van der Waals surface area contributed by atoms with Gasteiger partial charge in [0.2, 0.25) is 0 Å². The largest absolute Gasteiger partial charge is 0.490 e. The fourth-order valence-electron chi connectivity index (χ4n) is 2.36. The smallest absolute Gasteiger partial charge is 0.255 e. The van der Waals surface area contributed by atoms with Gasteiger partial charge in [-0.25, -0.2) is 0 Å². The number of rotatable bonds is 7. The van der Waals surface area contributed by atoms with Crippen LogP contribution in [0.25, 0.3) is 0 Å². The van der Waals surface area contributed by atoms with Crippen molar-refractivity contribution >= 4 is 5.91 Å². The Labute approximate surface area is 126 Å². The van der Waals surface area contributed by atoms with Crippen LogP contribution in [0.2, 0.25) is 0 Å². The molecule has 2 rings (SSSR count). The quantitative estimate of drug-likeness (QED) is 0.812. The summed E-state index contributed by atoms with van der Waals surface area (Å²) in [6.45, 7) is 4.37. The molecule has 0 bridgehead atoms. The Morgan fingerprint density at radius 3 is 2.71 bits per heavy atom. The first kappa shape index (κ1) is 15.8. The Balaban J connectivity index is 1.92. The zero-order chi connectivity index (χ0) is 15.2. The molecule has 0 spiro atoms. The maximum atomic E-state index is 12.2. The molecular weight excluding hydrogens is 266 g/mol. The number of hydrogen-bond acceptors (Lipinski definition) is 3. The van der Waals surface area contributed by atoms with Crippen LogP contribution in [0, 0.1) is 5.92 Å². The van der Waals surface area contributed by atoms with E-state index < -0.39 is 6.10 Å². The van der Waals surface area contributed by atoms with E-state index in [0.29, 0.717) is 23.7 Å². The van der Waals surface area contributed by atoms with E-state index in [0.717, 1.165) is 12.8 Å². The highest BCUT2D eigenvalue weighted by atomic mass is 16.5. The molecule has 1 atom stereocenters. The molecule has 0 heterocycles. The molecule has 1 aromatic carbocycles. The van der Waals surface area contributed by atoms with E-state index in [1.54, 1.807) is 6.07 Å². The molecule has 0 aromatic heterocycles. The van der Waals surface area contributed by atoms with Gasteiger partial charge in [0, 0.05) is 6.54 Å². The van der Waals surface area contributed by atoms with Crippen LogP contribution in [0.5, 0.6) is 5.75 Å². The summed E-state index contributed by atoms with van der Waals surface area (Å²) in [6, 6.07) is 7.29. The van der Waals surface area contributed by atoms with Crippen LogP contribution in [-0.4, -0.2) is 29.8 Å². The van der Waals surface area contributed by atoms with Crippen LogP contribution >= 0.6 is 0 Å². The number of hydrogen-bond donors (Lipinski definition) is 2. The topological polar surface area (TPSA) is 58.6 Å². The highest BCUT2D eigenvalue weighted by Gasteiger charge is 2.22. The molecule has 1 aliphatic carbocycles. The number of para-hydroxylation sites is 1. The Bertz CT molecular complexity index is 469. The minimum atomic E-state index is -0.506. The van der Waals surface area contributed by atoms with Gasteiger partial charge >= 0.3 is 0 Å². The van der Waals surface area contributed by atoms with Crippen LogP contribution in [0.4, 0.5) is 0 Å². The average Bonchev–Trinajstić information content (AvgIpc) is 2.40. The number of amides is 1. The number of benzene rings is 1. The predicted molar refractivity (Wildman–Crippen MR) is 82.5 cm³/mol. The Morgan fingerprint density at radius 2 is 2.10 bits per heavy atom. The van der Waals surface area contributed by atoms with E-state index >= 15 is 0 Å². The molecule has 0 saturated heterocycles. The number of carbonyl (C=O) groups excluding carboxylic acids is 1. The summed E-state index contributed by atoms with van der Waals surface area (Å²) >= 11 is 0. The molecule has 2 N–H and O–H groups in total. The van der Waals surface area contributed by atoms with Crippen molar-refractivity contribution < 1.29 is 14.6 Å². The summed E-state index contributed by atoms with van der Waals surface area (Å²) in [5.74, 6) is 0.858. The van der Waals surface area contributed by atoms with Crippen molar-refractivity contribution in [3.8, 4) is 5.75 Å². The third-order valence-corrected chi connectivity index (χ3v) is 3.72. The molecule has 1 saturated carbocycles. The van der Waals surface area contributed by atoms with Crippen LogP contribution in [-0.2, 0) is 0 Å². The molecule has 4 heteroatoms. The molecule has 4 nitrogen and oxygen atoms in total. The van der Waals surface area contributed by atoms with Gasteiger partial charge in [0.05, 0.1) is 17.8 Å². The summed E-state index contributed by atoms with van der Waals surface area (Å²) in [4.78, 5) is 12.2. The van der Waals surface area contributed by atoms with Crippen molar-refractivity contribution in [1.29, 1.82) is 0 Å². The first-order chi connectivity index (χ1) is 10.1. The summed E-state index contributed by atoms with van der Waals surface area (Å²) < 4.78 is 5.85. The summed E-state index contributed by atoms with van der Waals surface area (Å²) in [7, 11) is 0. The van der Waals surface area contributed by atoms with Crippen LogP contribution in [0.15, 0.2) is 24.3 Å². The first-order valence-corrected chi connectivity index (χ1v) is 7.78. The normalized spacial score (nSPS) is 16.4. The van der Waals surface area contributed by atoms with Crippen LogP contribution in [0.1, 0.15) is 49.9 Å². The lowest BCUT2D eigenvalue weighted by Gasteiger charge is -2.27. The van der Waals surface area contributed by atoms with Crippen LogP contribution < -0.4 is 10.1 Å². The lowest BCUT2D eigenvalue weighted by atomic mass is 9.96. The second-order valence-electron chi connectivity index (χ2n) is 6.16. The first-order valence-electron chi connectivity index (χ1n) is 7.78. The summed E-state index contributed by atoms with van der Waals surface area (Å²) in [5, 5.41) is 12.6. The molecule has 21 heavy (non-hydrogen) atoms. The fourth-order valence-corrected chi connectivity index (χ4v) is 2.36. The maximum absolute atomic E-state index is 12.2. The van der Waals surface area contributed by atoms with Gasteiger partial charge in [0.1, 0.15) is 5.75 Å². The molecule has 116 valence electrons. The number of nitrogens with one attached hydrogen (secondary N) is 1. The minimum Gasteiger partial charge on any atom is -0.490 e. The zero-order valence-corrected chi connectivity index (χ0v) is 12.8. The van der Waals surface area contributed by atoms with E-state index in [1.807, 2.05) is 32.0 Å². The minimum absolute atomic E-state index is 0.187. The average molecular weight is 291 g/mol. The van der Waals surface area contributed by atoms with Gasteiger partial charge < -0.3 is 15.2 Å². The van der Waals surface area contributed by atoms with Gasteiger partial charge in [-0.2, -0.15) is 0 Å². The fraction of sp³-hybridized carbons (Fsp3) is 0.588. The third-order valence-electron chi connectivity index (χ3n) is 3.72. The van der Waals surface area contributed by atoms with Crippen molar-refractivity contribution in [3.05, 3.63) is 29.8 Å². The summed E-state index contributed by atoms with van der Waals surface area (Å²) in [5.41, 5.74) is 0.543. The maximum Gasteiger partial charge on any atom is 0.255 e. The highest BCUT2D eigenvalue weighted by Crippen LogP contribution is 2.27. The van der Waals surface area contributed by atoms with Gasteiger partial charge in [0.15, 0.2) is 0 Å². The molecule has 0 aliphatic heterocycles. The summed E-state index contributed by atoms with van der Waals surface area (Å²) in [6.07, 6.45) is 3.73. The monoisotopic (exact) mass is 291 g/mol. The van der Waals surface area contributed by atoms with Crippen molar-refractivity contribution in [3.63, 3.8) is 0 Å². The van der Waals surface area contributed by atoms with Crippen molar-refractivity contribution in [2.45, 2.75) is 51.7 Å². The molecule has 1 amide bonds. The molecule has 1 aliphatic rings. The molecule has 0 radical (unpaired) electrons. The van der Waals surface area contributed by atoms with Gasteiger partial charge in [-0.15, -0.1) is 0 Å². The molecule has 1 aromatic rings. The lowest BCUT2D eigenvalue weighted by molar-refractivity contribution is 0.0879. The van der Waals surface area contributed by atoms with E-state index in [4.69, 9.17) is 4.74 Å². The van der Waals surface area contributed by atoms with Gasteiger partial charge in [0.25, 0.3) is 5.91 Å². The standard InChI is InChI=1S/C17H25NO3/c1-12(2)10-13(19)11-18-17(20)15-8-3-4-9-16(15)21-14-6-5-7-14/h3-4,8-9,12-14,19H,5-7,10-11H2,1-2H3,(H,18,20). The SMILES string of the molecule is CC(C)CC(O)CNC(=O)c1ccccc1OC1CCC1. The van der Waals surface area contributed by atoms with Crippen molar-refractivity contribution in [1.82, 2.24) is 5.32 Å². The number of carbonyl (C=O) groups is 1. The zero-order valence-electron chi connectivity index (χ0n) is 12.8. The van der Waals surface area contributed by atoms with Crippen molar-refractivity contribution in [2.75, 3.05) is 6.54 Å². The second kappa shape index (κ2) is 7.46. The van der Waals surface area contributed by atoms with Gasteiger partial charge in [-0.05, 0) is 43.7 Å². The Morgan fingerprint density at radius 1 is 1.38 bits per heavy atom. The molecule has 1 fully saturated rings. The molecular formula is C17H25NO3. The van der Waals surface area contributed by atoms with E-state index in [1.165, 1.54) is 6.42 Å². The van der Waals surface area contributed by atoms with Gasteiger partial charge in [-0.1, -0.05) is 26.0 Å². The number of aliphatic hydroxyl groups is 1. The Kier molecular flexibility index (Phi) is 5.62. The van der Waals surface area contributed by atoms with Crippen LogP contribution in [0.3, 0.4) is 0 Å². The predicted octanol–water partition coefficient (Wildman–Crippen LogP) is 2.75. The third kappa shape index (κ3) is 4.74.